The third-order valence-corrected chi connectivity index (χ3v) is 2.60. The average Bonchev–Trinajstić information content (AvgIpc) is 1.81. The number of phosphoric ester groups is 1. The minimum absolute atomic E-state index is 0.164. The van der Waals surface area contributed by atoms with E-state index in [1.807, 2.05) is 0 Å². The number of phosphoric acid groups is 1. The zero-order valence-electron chi connectivity index (χ0n) is 8.27. The smallest absolute Gasteiger partial charge is 0.371 e. The van der Waals surface area contributed by atoms with Crippen LogP contribution in [0.1, 0.15) is 27.7 Å². The van der Waals surface area contributed by atoms with Crippen LogP contribution in [0.15, 0.2) is 0 Å². The topological polar surface area (TPSA) is 61.8 Å². The molecular formula is C7H15O5P. The maximum absolute atomic E-state index is 11.5. The van der Waals surface area contributed by atoms with Crippen molar-refractivity contribution < 1.29 is 22.9 Å². The third-order valence-electron chi connectivity index (χ3n) is 0.867. The van der Waals surface area contributed by atoms with Gasteiger partial charge in [0.15, 0.2) is 0 Å². The van der Waals surface area contributed by atoms with Crippen molar-refractivity contribution in [2.24, 2.45) is 0 Å². The summed E-state index contributed by atoms with van der Waals surface area (Å²) >= 11 is 0. The molecule has 0 aromatic rings. The first-order chi connectivity index (χ1) is 5.89. The second-order valence-electron chi connectivity index (χ2n) is 2.60. The molecule has 6 heteroatoms. The molecule has 78 valence electrons. The zero-order chi connectivity index (χ0) is 10.5. The first kappa shape index (κ1) is 12.6. The van der Waals surface area contributed by atoms with Crippen LogP contribution < -0.4 is 0 Å². The SMILES string of the molecule is CCOP(=O)(OC(C)=O)OC(C)C. The van der Waals surface area contributed by atoms with E-state index in [2.05, 4.69) is 4.52 Å². The Kier molecular flexibility index (Phi) is 5.21. The molecule has 1 atom stereocenters. The fourth-order valence-corrected chi connectivity index (χ4v) is 1.96. The second kappa shape index (κ2) is 5.37. The predicted octanol–water partition coefficient (Wildman–Crippen LogP) is 2.12. The standard InChI is InChI=1S/C7H15O5P/c1-5-10-13(9,11-6(2)3)12-7(4)8/h6H,5H2,1-4H3. The summed E-state index contributed by atoms with van der Waals surface area (Å²) in [5.74, 6) is -0.683. The quantitative estimate of drug-likeness (QED) is 0.650. The normalized spacial score (nSPS) is 15.5. The van der Waals surface area contributed by atoms with Crippen LogP contribution in [-0.4, -0.2) is 18.7 Å². The Bertz CT molecular complexity index is 213. The van der Waals surface area contributed by atoms with E-state index in [-0.39, 0.29) is 12.7 Å². The lowest BCUT2D eigenvalue weighted by atomic mass is 10.5. The van der Waals surface area contributed by atoms with Crippen LogP contribution in [0, 0.1) is 0 Å². The van der Waals surface area contributed by atoms with Gasteiger partial charge < -0.3 is 4.52 Å². The Morgan fingerprint density at radius 3 is 2.31 bits per heavy atom. The number of hydrogen-bond acceptors (Lipinski definition) is 5. The van der Waals surface area contributed by atoms with Crippen LogP contribution in [0.5, 0.6) is 0 Å². The van der Waals surface area contributed by atoms with Crippen molar-refractivity contribution in [2.45, 2.75) is 33.8 Å². The molecule has 0 heterocycles. The van der Waals surface area contributed by atoms with Gasteiger partial charge in [-0.05, 0) is 20.8 Å². The molecule has 0 amide bonds. The Morgan fingerprint density at radius 2 is 2.00 bits per heavy atom. The van der Waals surface area contributed by atoms with Gasteiger partial charge in [-0.1, -0.05) is 0 Å². The molecule has 0 aliphatic rings. The summed E-state index contributed by atoms with van der Waals surface area (Å²) in [6.07, 6.45) is -0.322. The van der Waals surface area contributed by atoms with Gasteiger partial charge in [0.25, 0.3) is 0 Å². The first-order valence-corrected chi connectivity index (χ1v) is 5.49. The number of carbonyl (C=O) groups is 1. The summed E-state index contributed by atoms with van der Waals surface area (Å²) in [5.41, 5.74) is 0. The van der Waals surface area contributed by atoms with Crippen molar-refractivity contribution >= 4 is 13.8 Å². The van der Waals surface area contributed by atoms with Crippen molar-refractivity contribution in [3.05, 3.63) is 0 Å². The van der Waals surface area contributed by atoms with Crippen LogP contribution in [0.25, 0.3) is 0 Å². The molecule has 0 N–H and O–H groups in total. The highest BCUT2D eigenvalue weighted by atomic mass is 31.2. The first-order valence-electron chi connectivity index (χ1n) is 4.02. The van der Waals surface area contributed by atoms with Gasteiger partial charge in [-0.2, -0.15) is 0 Å². The predicted molar refractivity (Wildman–Crippen MR) is 47.2 cm³/mol. The van der Waals surface area contributed by atoms with Crippen molar-refractivity contribution in [2.75, 3.05) is 6.61 Å². The minimum Gasteiger partial charge on any atom is -0.371 e. The Labute approximate surface area is 78.0 Å². The molecule has 0 saturated heterocycles. The van der Waals surface area contributed by atoms with Gasteiger partial charge in [-0.25, -0.2) is 4.57 Å². The van der Waals surface area contributed by atoms with Gasteiger partial charge in [0.2, 0.25) is 0 Å². The molecule has 0 fully saturated rings. The molecule has 0 aliphatic carbocycles. The highest BCUT2D eigenvalue weighted by Crippen LogP contribution is 2.50. The maximum Gasteiger partial charge on any atom is 0.532 e. The molecule has 0 rings (SSSR count). The van der Waals surface area contributed by atoms with Gasteiger partial charge in [0.05, 0.1) is 12.7 Å². The van der Waals surface area contributed by atoms with Crippen molar-refractivity contribution in [1.82, 2.24) is 0 Å². The molecule has 0 aromatic carbocycles. The van der Waals surface area contributed by atoms with E-state index >= 15 is 0 Å². The van der Waals surface area contributed by atoms with E-state index in [1.165, 1.54) is 0 Å². The van der Waals surface area contributed by atoms with Gasteiger partial charge in [-0.15, -0.1) is 0 Å². The lowest BCUT2D eigenvalue weighted by Crippen LogP contribution is -2.08. The minimum atomic E-state index is -3.68. The molecule has 1 unspecified atom stereocenters. The summed E-state index contributed by atoms with van der Waals surface area (Å²) in [7, 11) is -3.68. The van der Waals surface area contributed by atoms with Crippen molar-refractivity contribution in [1.29, 1.82) is 0 Å². The second-order valence-corrected chi connectivity index (χ2v) is 4.15. The number of carbonyl (C=O) groups excluding carboxylic acids is 1. The molecule has 0 aromatic heterocycles. The van der Waals surface area contributed by atoms with Crippen LogP contribution in [0.3, 0.4) is 0 Å². The zero-order valence-corrected chi connectivity index (χ0v) is 9.17. The summed E-state index contributed by atoms with van der Waals surface area (Å²) in [6.45, 7) is 6.30. The summed E-state index contributed by atoms with van der Waals surface area (Å²) in [4.78, 5) is 10.6. The van der Waals surface area contributed by atoms with Crippen molar-refractivity contribution in [3.8, 4) is 0 Å². The van der Waals surface area contributed by atoms with Gasteiger partial charge in [0, 0.05) is 6.92 Å². The average molecular weight is 210 g/mol. The van der Waals surface area contributed by atoms with E-state index in [0.717, 1.165) is 6.92 Å². The fourth-order valence-electron chi connectivity index (χ4n) is 0.652. The van der Waals surface area contributed by atoms with Crippen molar-refractivity contribution in [3.63, 3.8) is 0 Å². The molecular weight excluding hydrogens is 195 g/mol. The summed E-state index contributed by atoms with van der Waals surface area (Å²) in [5, 5.41) is 0. The van der Waals surface area contributed by atoms with Crippen LogP contribution in [0.2, 0.25) is 0 Å². The van der Waals surface area contributed by atoms with E-state index in [1.54, 1.807) is 20.8 Å². The third kappa shape index (κ3) is 5.80. The Balaban J connectivity index is 4.34. The largest absolute Gasteiger partial charge is 0.532 e. The fraction of sp³-hybridized carbons (Fsp3) is 0.857. The monoisotopic (exact) mass is 210 g/mol. The Morgan fingerprint density at radius 1 is 1.46 bits per heavy atom. The van der Waals surface area contributed by atoms with Gasteiger partial charge >= 0.3 is 13.8 Å². The Hall–Kier alpha value is -0.380. The molecule has 0 spiro atoms. The van der Waals surface area contributed by atoms with Gasteiger partial charge in [-0.3, -0.25) is 13.8 Å². The molecule has 5 nitrogen and oxygen atoms in total. The highest BCUT2D eigenvalue weighted by molar-refractivity contribution is 7.49. The molecule has 0 saturated carbocycles. The molecule has 0 radical (unpaired) electrons. The maximum atomic E-state index is 11.5. The lowest BCUT2D eigenvalue weighted by molar-refractivity contribution is -0.134. The number of rotatable bonds is 5. The van der Waals surface area contributed by atoms with E-state index in [9.17, 15) is 9.36 Å². The summed E-state index contributed by atoms with van der Waals surface area (Å²) in [6, 6.07) is 0. The van der Waals surface area contributed by atoms with Crippen LogP contribution >= 0.6 is 7.82 Å². The highest BCUT2D eigenvalue weighted by Gasteiger charge is 2.30. The van der Waals surface area contributed by atoms with Crippen LogP contribution in [0.4, 0.5) is 0 Å². The van der Waals surface area contributed by atoms with Crippen LogP contribution in [-0.2, 0) is 22.9 Å². The van der Waals surface area contributed by atoms with E-state index in [4.69, 9.17) is 9.05 Å². The molecule has 13 heavy (non-hydrogen) atoms. The van der Waals surface area contributed by atoms with Gasteiger partial charge in [0.1, 0.15) is 0 Å². The van der Waals surface area contributed by atoms with E-state index in [0.29, 0.717) is 0 Å². The summed E-state index contributed by atoms with van der Waals surface area (Å²) < 4.78 is 25.6. The number of hydrogen-bond donors (Lipinski definition) is 0. The lowest BCUT2D eigenvalue weighted by Gasteiger charge is -2.17. The van der Waals surface area contributed by atoms with E-state index < -0.39 is 13.8 Å². The molecule has 0 bridgehead atoms. The molecule has 0 aliphatic heterocycles.